The van der Waals surface area contributed by atoms with E-state index in [1.54, 1.807) is 13.1 Å². The molecular weight excluding hydrogens is 508 g/mol. The van der Waals surface area contributed by atoms with Gasteiger partial charge in [0, 0.05) is 23.9 Å². The van der Waals surface area contributed by atoms with E-state index in [1.165, 1.54) is 34.2 Å². The van der Waals surface area contributed by atoms with Crippen molar-refractivity contribution in [1.29, 1.82) is 5.26 Å². The molecule has 3 rings (SSSR count). The number of hydrogen-bond acceptors (Lipinski definition) is 6. The molecular formula is C22H19ClF4N6O3. The summed E-state index contributed by atoms with van der Waals surface area (Å²) in [6, 6.07) is 7.98. The van der Waals surface area contributed by atoms with Crippen LogP contribution in [0.15, 0.2) is 52.6 Å². The van der Waals surface area contributed by atoms with Crippen LogP contribution >= 0.6 is 11.6 Å². The summed E-state index contributed by atoms with van der Waals surface area (Å²) in [6.07, 6.45) is -3.32. The number of aliphatic hydroxyl groups is 1. The fourth-order valence-electron chi connectivity index (χ4n) is 3.53. The first-order valence-electron chi connectivity index (χ1n) is 10.4. The first-order valence-corrected chi connectivity index (χ1v) is 10.8. The normalized spacial score (nSPS) is 15.8. The first kappa shape index (κ1) is 26.7. The Labute approximate surface area is 207 Å². The highest BCUT2D eigenvalue weighted by Crippen LogP contribution is 2.27. The summed E-state index contributed by atoms with van der Waals surface area (Å²) in [7, 11) is 0. The second-order valence-corrected chi connectivity index (χ2v) is 7.69. The molecule has 0 aliphatic carbocycles. The maximum atomic E-state index is 14.2. The average molecular weight is 527 g/mol. The maximum Gasteiger partial charge on any atom is 0.573 e. The molecule has 2 aromatic rings. The number of carbonyl (C=O) groups is 1. The van der Waals surface area contributed by atoms with Gasteiger partial charge in [-0.15, -0.1) is 18.2 Å². The molecule has 1 atom stereocenters. The van der Waals surface area contributed by atoms with Gasteiger partial charge < -0.3 is 20.1 Å². The minimum Gasteiger partial charge on any atom is -0.406 e. The topological polar surface area (TPSA) is 114 Å². The predicted molar refractivity (Wildman–Crippen MR) is 123 cm³/mol. The van der Waals surface area contributed by atoms with Crippen LogP contribution in [0.2, 0.25) is 5.02 Å². The summed E-state index contributed by atoms with van der Waals surface area (Å²) < 4.78 is 55.9. The lowest BCUT2D eigenvalue weighted by atomic mass is 10.0. The van der Waals surface area contributed by atoms with Gasteiger partial charge >= 0.3 is 6.36 Å². The fourth-order valence-corrected chi connectivity index (χ4v) is 3.65. The molecule has 0 radical (unpaired) electrons. The van der Waals surface area contributed by atoms with Crippen molar-refractivity contribution in [3.63, 3.8) is 0 Å². The lowest BCUT2D eigenvalue weighted by molar-refractivity contribution is -0.274. The van der Waals surface area contributed by atoms with Crippen LogP contribution in [-0.4, -0.2) is 64.7 Å². The number of amides is 1. The Bertz CT molecular complexity index is 1230. The van der Waals surface area contributed by atoms with E-state index in [1.807, 2.05) is 0 Å². The fraction of sp³-hybridized carbons (Fsp3) is 0.273. The lowest BCUT2D eigenvalue weighted by Crippen LogP contribution is -2.48. The minimum absolute atomic E-state index is 0.0641. The second kappa shape index (κ2) is 11.2. The molecule has 36 heavy (non-hydrogen) atoms. The van der Waals surface area contributed by atoms with Gasteiger partial charge in [0.2, 0.25) is 18.1 Å². The van der Waals surface area contributed by atoms with Gasteiger partial charge in [-0.25, -0.2) is 9.40 Å². The van der Waals surface area contributed by atoms with E-state index >= 15 is 0 Å². The van der Waals surface area contributed by atoms with E-state index in [4.69, 9.17) is 11.6 Å². The van der Waals surface area contributed by atoms with Gasteiger partial charge in [-0.1, -0.05) is 23.7 Å². The SMILES string of the molecule is CCN(C(=O)CO)C1CN(/C(=N\C#N)Nc2cccc(OC(F)(F)F)c2)N=C1c1ccc(Cl)c(F)c1. The molecule has 0 aromatic heterocycles. The Kier molecular flexibility index (Phi) is 8.33. The molecule has 0 bridgehead atoms. The van der Waals surface area contributed by atoms with E-state index in [2.05, 4.69) is 20.1 Å². The Morgan fingerprint density at radius 2 is 2.14 bits per heavy atom. The molecule has 2 N–H and O–H groups in total. The number of guanidine groups is 1. The number of alkyl halides is 3. The van der Waals surface area contributed by atoms with Crippen molar-refractivity contribution in [3.8, 4) is 11.9 Å². The number of carbonyl (C=O) groups excluding carboxylic acids is 1. The molecule has 1 aliphatic heterocycles. The minimum atomic E-state index is -4.90. The Morgan fingerprint density at radius 1 is 1.39 bits per heavy atom. The van der Waals surface area contributed by atoms with Crippen molar-refractivity contribution >= 4 is 34.9 Å². The molecule has 9 nitrogen and oxygen atoms in total. The summed E-state index contributed by atoms with van der Waals surface area (Å²) in [6.45, 7) is 0.994. The number of aliphatic hydroxyl groups excluding tert-OH is 1. The number of anilines is 1. The molecule has 2 aromatic carbocycles. The van der Waals surface area contributed by atoms with Crippen molar-refractivity contribution in [3.05, 3.63) is 58.9 Å². The van der Waals surface area contributed by atoms with Crippen LogP contribution in [-0.2, 0) is 4.79 Å². The number of hydrogen-bond donors (Lipinski definition) is 2. The van der Waals surface area contributed by atoms with Crippen molar-refractivity contribution in [2.75, 3.05) is 25.0 Å². The van der Waals surface area contributed by atoms with Crippen molar-refractivity contribution in [2.45, 2.75) is 19.3 Å². The molecule has 0 fully saturated rings. The van der Waals surface area contributed by atoms with E-state index in [-0.39, 0.29) is 41.0 Å². The molecule has 1 unspecified atom stereocenters. The zero-order chi connectivity index (χ0) is 26.5. The second-order valence-electron chi connectivity index (χ2n) is 7.29. The molecule has 1 heterocycles. The molecule has 1 amide bonds. The Morgan fingerprint density at radius 3 is 2.75 bits per heavy atom. The third-order valence-corrected chi connectivity index (χ3v) is 5.31. The number of aliphatic imine (C=N–C) groups is 1. The molecule has 0 saturated heterocycles. The van der Waals surface area contributed by atoms with Gasteiger partial charge in [0.15, 0.2) is 0 Å². The van der Waals surface area contributed by atoms with E-state index < -0.39 is 36.5 Å². The third kappa shape index (κ3) is 6.41. The smallest absolute Gasteiger partial charge is 0.406 e. The number of nitrogens with one attached hydrogen (secondary N) is 1. The van der Waals surface area contributed by atoms with Gasteiger partial charge in [0.25, 0.3) is 0 Å². The van der Waals surface area contributed by atoms with Gasteiger partial charge in [-0.05, 0) is 31.2 Å². The van der Waals surface area contributed by atoms with Gasteiger partial charge in [0.1, 0.15) is 18.2 Å². The van der Waals surface area contributed by atoms with Crippen LogP contribution in [0.5, 0.6) is 5.75 Å². The highest BCUT2D eigenvalue weighted by molar-refractivity contribution is 6.30. The van der Waals surface area contributed by atoms with Gasteiger partial charge in [0.05, 0.1) is 23.3 Å². The molecule has 14 heteroatoms. The summed E-state index contributed by atoms with van der Waals surface area (Å²) in [5, 5.41) is 26.8. The van der Waals surface area contributed by atoms with E-state index in [0.717, 1.165) is 18.2 Å². The number of likely N-dealkylation sites (N-methyl/N-ethyl adjacent to an activating group) is 1. The maximum absolute atomic E-state index is 14.2. The zero-order valence-corrected chi connectivity index (χ0v) is 19.4. The standard InChI is InChI=1S/C22H19ClF4N6O3/c1-2-32(19(35)11-34)18-10-33(31-20(18)13-6-7-16(23)17(24)8-13)21(29-12-28)30-14-4-3-5-15(9-14)36-22(25,26)27/h3-9,18,34H,2,10-11H2,1H3,(H,29,30). The summed E-state index contributed by atoms with van der Waals surface area (Å²) in [4.78, 5) is 17.4. The zero-order valence-electron chi connectivity index (χ0n) is 18.6. The highest BCUT2D eigenvalue weighted by Gasteiger charge is 2.36. The largest absolute Gasteiger partial charge is 0.573 e. The number of nitriles is 1. The van der Waals surface area contributed by atoms with Crippen molar-refractivity contribution in [1.82, 2.24) is 9.91 Å². The van der Waals surface area contributed by atoms with Crippen LogP contribution in [0.1, 0.15) is 12.5 Å². The quantitative estimate of drug-likeness (QED) is 0.257. The molecule has 190 valence electrons. The number of hydrazone groups is 1. The average Bonchev–Trinajstić information content (AvgIpc) is 3.25. The monoisotopic (exact) mass is 526 g/mol. The first-order chi connectivity index (χ1) is 17.1. The number of ether oxygens (including phenoxy) is 1. The predicted octanol–water partition coefficient (Wildman–Crippen LogP) is 3.56. The van der Waals surface area contributed by atoms with Crippen LogP contribution < -0.4 is 10.1 Å². The Hall–Kier alpha value is -3.89. The Balaban J connectivity index is 1.98. The number of rotatable bonds is 6. The van der Waals surface area contributed by atoms with Crippen LogP contribution in [0, 0.1) is 17.3 Å². The summed E-state index contributed by atoms with van der Waals surface area (Å²) >= 11 is 5.78. The number of nitrogens with zero attached hydrogens (tertiary/aromatic N) is 5. The van der Waals surface area contributed by atoms with Crippen LogP contribution in [0.4, 0.5) is 23.2 Å². The van der Waals surface area contributed by atoms with E-state index in [9.17, 15) is 32.7 Å². The summed E-state index contributed by atoms with van der Waals surface area (Å²) in [5.41, 5.74) is 0.601. The van der Waals surface area contributed by atoms with Gasteiger partial charge in [-0.3, -0.25) is 4.79 Å². The third-order valence-electron chi connectivity index (χ3n) is 5.00. The van der Waals surface area contributed by atoms with E-state index in [0.29, 0.717) is 0 Å². The molecule has 1 aliphatic rings. The number of halogens is 5. The van der Waals surface area contributed by atoms with Gasteiger partial charge in [-0.2, -0.15) is 10.4 Å². The van der Waals surface area contributed by atoms with Crippen molar-refractivity contribution < 1.29 is 32.2 Å². The van der Waals surface area contributed by atoms with Crippen LogP contribution in [0.25, 0.3) is 0 Å². The highest BCUT2D eigenvalue weighted by atomic mass is 35.5. The molecule has 0 spiro atoms. The summed E-state index contributed by atoms with van der Waals surface area (Å²) in [5.74, 6) is -2.02. The lowest BCUT2D eigenvalue weighted by Gasteiger charge is -2.28. The van der Waals surface area contributed by atoms with Crippen LogP contribution in [0.3, 0.4) is 0 Å². The van der Waals surface area contributed by atoms with Crippen molar-refractivity contribution in [2.24, 2.45) is 10.1 Å². The molecule has 0 saturated carbocycles. The number of benzene rings is 2.